The summed E-state index contributed by atoms with van der Waals surface area (Å²) in [5.41, 5.74) is 3.71. The van der Waals surface area contributed by atoms with Crippen LogP contribution >= 0.6 is 11.8 Å². The Morgan fingerprint density at radius 1 is 1.17 bits per heavy atom. The number of amides is 1. The summed E-state index contributed by atoms with van der Waals surface area (Å²) in [6, 6.07) is 16.0. The maximum atomic E-state index is 13.1. The predicted molar refractivity (Wildman–Crippen MR) is 117 cm³/mol. The number of aryl methyl sites for hydroxylation is 1. The zero-order valence-electron chi connectivity index (χ0n) is 17.2. The Morgan fingerprint density at radius 3 is 2.67 bits per heavy atom. The molecule has 4 rings (SSSR count). The first kappa shape index (κ1) is 20.2. The van der Waals surface area contributed by atoms with Gasteiger partial charge in [-0.25, -0.2) is 0 Å². The fourth-order valence-corrected chi connectivity index (χ4v) is 5.16. The summed E-state index contributed by atoms with van der Waals surface area (Å²) in [6.07, 6.45) is 0.297. The van der Waals surface area contributed by atoms with Gasteiger partial charge in [0.2, 0.25) is 5.91 Å². The maximum absolute atomic E-state index is 13.1. The van der Waals surface area contributed by atoms with Crippen molar-refractivity contribution in [3.8, 4) is 17.6 Å². The van der Waals surface area contributed by atoms with Gasteiger partial charge >= 0.3 is 0 Å². The summed E-state index contributed by atoms with van der Waals surface area (Å²) in [4.78, 5) is 16.9. The molecule has 30 heavy (non-hydrogen) atoms. The van der Waals surface area contributed by atoms with Gasteiger partial charge < -0.3 is 14.4 Å². The van der Waals surface area contributed by atoms with Crippen molar-refractivity contribution >= 4 is 23.4 Å². The number of anilines is 1. The lowest BCUT2D eigenvalue weighted by Crippen LogP contribution is -2.47. The van der Waals surface area contributed by atoms with E-state index >= 15 is 0 Å². The predicted octanol–water partition coefficient (Wildman–Crippen LogP) is 4.23. The fourth-order valence-electron chi connectivity index (χ4n) is 4.00. The second kappa shape index (κ2) is 8.33. The average Bonchev–Trinajstić information content (AvgIpc) is 2.78. The Morgan fingerprint density at radius 2 is 1.97 bits per heavy atom. The number of rotatable bonds is 4. The van der Waals surface area contributed by atoms with E-state index in [4.69, 9.17) is 9.47 Å². The van der Waals surface area contributed by atoms with Crippen molar-refractivity contribution < 1.29 is 14.3 Å². The third-order valence-electron chi connectivity index (χ3n) is 5.58. The summed E-state index contributed by atoms with van der Waals surface area (Å²) in [5.74, 6) is 1.85. The summed E-state index contributed by atoms with van der Waals surface area (Å²) < 4.78 is 10.8. The van der Waals surface area contributed by atoms with E-state index in [0.717, 1.165) is 21.8 Å². The van der Waals surface area contributed by atoms with Crippen LogP contribution in [0.4, 0.5) is 5.69 Å². The van der Waals surface area contributed by atoms with Crippen LogP contribution in [-0.2, 0) is 4.79 Å². The highest BCUT2D eigenvalue weighted by molar-refractivity contribution is 8.03. The highest BCUT2D eigenvalue weighted by Crippen LogP contribution is 2.45. The van der Waals surface area contributed by atoms with Crippen molar-refractivity contribution in [3.63, 3.8) is 0 Å². The van der Waals surface area contributed by atoms with Gasteiger partial charge in [0.25, 0.3) is 0 Å². The molecule has 0 N–H and O–H groups in total. The van der Waals surface area contributed by atoms with Crippen LogP contribution in [0.1, 0.15) is 23.5 Å². The van der Waals surface area contributed by atoms with Crippen LogP contribution in [0.5, 0.6) is 11.5 Å². The molecule has 2 aromatic carbocycles. The van der Waals surface area contributed by atoms with Gasteiger partial charge in [0, 0.05) is 18.4 Å². The lowest BCUT2D eigenvalue weighted by molar-refractivity contribution is -0.129. The SMILES string of the molecule is COc1ccc(N2CSC3=C(C#N)[C@H](c4ccccc4C)CC(=O)N3C2)c(OC)c1. The maximum Gasteiger partial charge on any atom is 0.229 e. The van der Waals surface area contributed by atoms with Crippen LogP contribution in [0.3, 0.4) is 0 Å². The Kier molecular flexibility index (Phi) is 5.60. The number of nitrogens with zero attached hydrogens (tertiary/aromatic N) is 3. The second-order valence-corrected chi connectivity index (χ2v) is 8.19. The number of fused-ring (bicyclic) bond motifs is 1. The minimum absolute atomic E-state index is 0.0296. The van der Waals surface area contributed by atoms with Crippen molar-refractivity contribution in [2.45, 2.75) is 19.3 Å². The summed E-state index contributed by atoms with van der Waals surface area (Å²) >= 11 is 1.52. The van der Waals surface area contributed by atoms with Crippen molar-refractivity contribution in [2.24, 2.45) is 0 Å². The topological polar surface area (TPSA) is 65.8 Å². The quantitative estimate of drug-likeness (QED) is 0.736. The molecule has 0 aromatic heterocycles. The van der Waals surface area contributed by atoms with E-state index in [1.807, 2.05) is 49.4 Å². The molecule has 0 bridgehead atoms. The van der Waals surface area contributed by atoms with E-state index in [2.05, 4.69) is 11.0 Å². The minimum Gasteiger partial charge on any atom is -0.497 e. The highest BCUT2D eigenvalue weighted by atomic mass is 32.2. The molecule has 2 heterocycles. The summed E-state index contributed by atoms with van der Waals surface area (Å²) in [5, 5.41) is 10.7. The van der Waals surface area contributed by atoms with Gasteiger partial charge in [-0.15, -0.1) is 0 Å². The van der Waals surface area contributed by atoms with E-state index in [1.165, 1.54) is 11.8 Å². The largest absolute Gasteiger partial charge is 0.497 e. The van der Waals surface area contributed by atoms with Gasteiger partial charge in [-0.05, 0) is 30.2 Å². The van der Waals surface area contributed by atoms with Gasteiger partial charge in [-0.1, -0.05) is 36.0 Å². The molecule has 2 aliphatic rings. The molecular formula is C23H23N3O3S. The number of hydrogen-bond acceptors (Lipinski definition) is 6. The second-order valence-electron chi connectivity index (χ2n) is 7.26. The zero-order valence-corrected chi connectivity index (χ0v) is 18.0. The van der Waals surface area contributed by atoms with Crippen molar-refractivity contribution in [1.82, 2.24) is 4.90 Å². The Balaban J connectivity index is 1.68. The van der Waals surface area contributed by atoms with Gasteiger partial charge in [-0.2, -0.15) is 5.26 Å². The summed E-state index contributed by atoms with van der Waals surface area (Å²) in [6.45, 7) is 2.41. The number of benzene rings is 2. The van der Waals surface area contributed by atoms with Gasteiger partial charge in [0.1, 0.15) is 11.5 Å². The third-order valence-corrected chi connectivity index (χ3v) is 6.74. The molecule has 0 aliphatic carbocycles. The standard InChI is InChI=1S/C23H23N3O3S/c1-15-6-4-5-7-17(15)18-11-22(27)26-13-25(14-30-23(26)19(18)12-24)20-9-8-16(28-2)10-21(20)29-3/h4-10,18H,11,13-14H2,1-3H3/t18-/m0/s1. The van der Waals surface area contributed by atoms with Crippen LogP contribution in [0.15, 0.2) is 53.1 Å². The van der Waals surface area contributed by atoms with Gasteiger partial charge in [0.15, 0.2) is 0 Å². The van der Waals surface area contributed by atoms with E-state index < -0.39 is 0 Å². The minimum atomic E-state index is -0.190. The molecule has 154 valence electrons. The molecular weight excluding hydrogens is 398 g/mol. The van der Waals surface area contributed by atoms with Crippen LogP contribution in [-0.4, -0.2) is 37.6 Å². The molecule has 0 unspecified atom stereocenters. The van der Waals surface area contributed by atoms with Gasteiger partial charge in [-0.3, -0.25) is 9.69 Å². The van der Waals surface area contributed by atoms with E-state index in [0.29, 0.717) is 36.0 Å². The lowest BCUT2D eigenvalue weighted by atomic mass is 9.84. The normalized spacial score (nSPS) is 18.7. The van der Waals surface area contributed by atoms with Crippen LogP contribution in [0.2, 0.25) is 0 Å². The molecule has 0 spiro atoms. The monoisotopic (exact) mass is 421 g/mol. The molecule has 1 atom stereocenters. The number of thioether (sulfide) groups is 1. The zero-order chi connectivity index (χ0) is 21.3. The number of methoxy groups -OCH3 is 2. The van der Waals surface area contributed by atoms with Crippen molar-refractivity contribution in [2.75, 3.05) is 31.7 Å². The molecule has 1 amide bonds. The number of carbonyl (C=O) groups excluding carboxylic acids is 1. The number of nitriles is 1. The Labute approximate surface area is 180 Å². The number of ether oxygens (including phenoxy) is 2. The number of allylic oxidation sites excluding steroid dienone is 1. The Bertz CT molecular complexity index is 1060. The lowest BCUT2D eigenvalue weighted by Gasteiger charge is -2.42. The molecule has 0 saturated carbocycles. The first-order valence-corrected chi connectivity index (χ1v) is 10.7. The highest BCUT2D eigenvalue weighted by Gasteiger charge is 2.39. The van der Waals surface area contributed by atoms with Crippen LogP contribution < -0.4 is 14.4 Å². The van der Waals surface area contributed by atoms with E-state index in [-0.39, 0.29) is 11.8 Å². The van der Waals surface area contributed by atoms with Crippen LogP contribution in [0.25, 0.3) is 0 Å². The molecule has 2 aliphatic heterocycles. The molecule has 0 radical (unpaired) electrons. The molecule has 7 heteroatoms. The van der Waals surface area contributed by atoms with E-state index in [9.17, 15) is 10.1 Å². The molecule has 2 aromatic rings. The van der Waals surface area contributed by atoms with Crippen LogP contribution in [0, 0.1) is 18.3 Å². The molecule has 6 nitrogen and oxygen atoms in total. The summed E-state index contributed by atoms with van der Waals surface area (Å²) in [7, 11) is 3.23. The fraction of sp³-hybridized carbons (Fsp3) is 0.304. The smallest absolute Gasteiger partial charge is 0.229 e. The first-order chi connectivity index (χ1) is 14.6. The molecule has 1 saturated heterocycles. The van der Waals surface area contributed by atoms with Crippen molar-refractivity contribution in [3.05, 3.63) is 64.2 Å². The van der Waals surface area contributed by atoms with E-state index in [1.54, 1.807) is 19.1 Å². The Hall–Kier alpha value is -3.11. The average molecular weight is 422 g/mol. The number of hydrogen-bond donors (Lipinski definition) is 0. The van der Waals surface area contributed by atoms with Crippen molar-refractivity contribution in [1.29, 1.82) is 5.26 Å². The molecule has 1 fully saturated rings. The van der Waals surface area contributed by atoms with Gasteiger partial charge in [0.05, 0.1) is 49.1 Å². The number of carbonyl (C=O) groups is 1. The third kappa shape index (κ3) is 3.48. The first-order valence-electron chi connectivity index (χ1n) is 9.67.